The van der Waals surface area contributed by atoms with Crippen molar-refractivity contribution >= 4 is 28.5 Å². The molecule has 0 saturated heterocycles. The third-order valence-corrected chi connectivity index (χ3v) is 4.01. The lowest BCUT2D eigenvalue weighted by atomic mass is 10.0. The van der Waals surface area contributed by atoms with E-state index in [4.69, 9.17) is 9.47 Å². The van der Waals surface area contributed by atoms with Gasteiger partial charge in [-0.1, -0.05) is 72.8 Å². The van der Waals surface area contributed by atoms with Gasteiger partial charge in [-0.2, -0.15) is 0 Å². The summed E-state index contributed by atoms with van der Waals surface area (Å²) >= 11 is 0. The average Bonchev–Trinajstić information content (AvgIpc) is 2.74. The molecule has 0 aromatic heterocycles. The summed E-state index contributed by atoms with van der Waals surface area (Å²) in [4.78, 5) is 35.8. The molecule has 0 aliphatic heterocycles. The van der Waals surface area contributed by atoms with Gasteiger partial charge in [-0.05, 0) is 16.3 Å². The summed E-state index contributed by atoms with van der Waals surface area (Å²) in [6.45, 7) is -0.297. The Bertz CT molecular complexity index is 1020. The molecule has 0 fully saturated rings. The van der Waals surface area contributed by atoms with Gasteiger partial charge in [0.1, 0.15) is 6.61 Å². The summed E-state index contributed by atoms with van der Waals surface area (Å²) in [6.07, 6.45) is 1.93. The van der Waals surface area contributed by atoms with Gasteiger partial charge in [0.25, 0.3) is 0 Å². The predicted octanol–water partition coefficient (Wildman–Crippen LogP) is 3.87. The van der Waals surface area contributed by atoms with Gasteiger partial charge in [0.2, 0.25) is 5.78 Å². The summed E-state index contributed by atoms with van der Waals surface area (Å²) in [5, 5.41) is 1.73. The molecule has 0 atom stereocenters. The molecule has 0 aliphatic rings. The maximum absolute atomic E-state index is 12.4. The summed E-state index contributed by atoms with van der Waals surface area (Å²) in [5.74, 6) is -1.77. The van der Waals surface area contributed by atoms with Crippen LogP contribution in [-0.4, -0.2) is 24.3 Å². The van der Waals surface area contributed by atoms with E-state index in [2.05, 4.69) is 0 Å². The molecule has 0 heterocycles. The van der Waals surface area contributed by atoms with Crippen LogP contribution in [0.1, 0.15) is 15.9 Å². The lowest BCUT2D eigenvalue weighted by Crippen LogP contribution is -2.13. The van der Waals surface area contributed by atoms with E-state index in [0.717, 1.165) is 28.5 Å². The Morgan fingerprint density at radius 3 is 2.14 bits per heavy atom. The number of fused-ring (bicyclic) bond motifs is 1. The summed E-state index contributed by atoms with van der Waals surface area (Å²) < 4.78 is 9.96. The minimum atomic E-state index is -0.787. The number of ether oxygens (including phenoxy) is 2. The third-order valence-electron chi connectivity index (χ3n) is 4.01. The van der Waals surface area contributed by atoms with Crippen molar-refractivity contribution in [3.8, 4) is 0 Å². The van der Waals surface area contributed by atoms with E-state index in [-0.39, 0.29) is 12.4 Å². The molecule has 0 N–H and O–H groups in total. The first kappa shape index (κ1) is 19.0. The molecule has 3 aromatic rings. The summed E-state index contributed by atoms with van der Waals surface area (Å²) in [5.41, 5.74) is 1.32. The van der Waals surface area contributed by atoms with Crippen molar-refractivity contribution in [1.29, 1.82) is 0 Å². The molecule has 0 spiro atoms. The quantitative estimate of drug-likeness (QED) is 0.357. The monoisotopic (exact) mass is 374 g/mol. The van der Waals surface area contributed by atoms with E-state index >= 15 is 0 Å². The van der Waals surface area contributed by atoms with Crippen molar-refractivity contribution in [3.05, 3.63) is 96.1 Å². The Balaban J connectivity index is 1.50. The molecule has 0 unspecified atom stereocenters. The number of carbonyl (C=O) groups is 3. The second-order valence-electron chi connectivity index (χ2n) is 5.98. The number of hydrogen-bond acceptors (Lipinski definition) is 5. The molecule has 0 radical (unpaired) electrons. The molecule has 3 rings (SSSR count). The minimum absolute atomic E-state index is 0.110. The van der Waals surface area contributed by atoms with Crippen molar-refractivity contribution in [2.75, 3.05) is 6.61 Å². The first-order chi connectivity index (χ1) is 13.6. The average molecular weight is 374 g/mol. The van der Waals surface area contributed by atoms with Gasteiger partial charge in [0.05, 0.1) is 0 Å². The largest absolute Gasteiger partial charge is 0.458 e. The Labute approximate surface area is 162 Å². The van der Waals surface area contributed by atoms with Crippen LogP contribution in [-0.2, 0) is 25.7 Å². The van der Waals surface area contributed by atoms with E-state index in [1.54, 1.807) is 12.1 Å². The van der Waals surface area contributed by atoms with Crippen molar-refractivity contribution in [2.45, 2.75) is 6.61 Å². The van der Waals surface area contributed by atoms with Crippen molar-refractivity contribution in [1.82, 2.24) is 0 Å². The standard InChI is InChI=1S/C23H18O5/c24-21(20-12-6-10-18-9-4-5-11-19(18)20)16-28-23(26)14-13-22(25)27-15-17-7-2-1-3-8-17/h1-14H,15-16H2/b14-13+. The third kappa shape index (κ3) is 5.14. The van der Waals surface area contributed by atoms with Gasteiger partial charge in [-0.3, -0.25) is 4.79 Å². The van der Waals surface area contributed by atoms with Gasteiger partial charge in [0.15, 0.2) is 6.61 Å². The molecule has 140 valence electrons. The smallest absolute Gasteiger partial charge is 0.331 e. The van der Waals surface area contributed by atoms with Crippen LogP contribution in [0.15, 0.2) is 84.9 Å². The molecule has 0 saturated carbocycles. The van der Waals surface area contributed by atoms with Crippen molar-refractivity contribution in [3.63, 3.8) is 0 Å². The highest BCUT2D eigenvalue weighted by Gasteiger charge is 2.12. The van der Waals surface area contributed by atoms with Crippen LogP contribution in [0.25, 0.3) is 10.8 Å². The van der Waals surface area contributed by atoms with Crippen molar-refractivity contribution < 1.29 is 23.9 Å². The fraction of sp³-hybridized carbons (Fsp3) is 0.0870. The van der Waals surface area contributed by atoms with E-state index in [1.807, 2.05) is 60.7 Å². The van der Waals surface area contributed by atoms with Gasteiger partial charge in [0, 0.05) is 17.7 Å². The molecule has 5 heteroatoms. The normalized spacial score (nSPS) is 10.7. The molecule has 5 nitrogen and oxygen atoms in total. The number of rotatable bonds is 7. The van der Waals surface area contributed by atoms with Gasteiger partial charge in [-0.15, -0.1) is 0 Å². The van der Waals surface area contributed by atoms with Crippen LogP contribution in [0.4, 0.5) is 0 Å². The summed E-state index contributed by atoms with van der Waals surface area (Å²) in [7, 11) is 0. The second kappa shape index (κ2) is 9.28. The Kier molecular flexibility index (Phi) is 6.31. The first-order valence-corrected chi connectivity index (χ1v) is 8.70. The van der Waals surface area contributed by atoms with E-state index in [0.29, 0.717) is 5.56 Å². The maximum atomic E-state index is 12.4. The number of benzene rings is 3. The number of ketones is 1. The first-order valence-electron chi connectivity index (χ1n) is 8.70. The molecule has 0 amide bonds. The van der Waals surface area contributed by atoms with Crippen LogP contribution in [0.5, 0.6) is 0 Å². The molecule has 0 aliphatic carbocycles. The van der Waals surface area contributed by atoms with Gasteiger partial charge < -0.3 is 9.47 Å². The molecule has 3 aromatic carbocycles. The van der Waals surface area contributed by atoms with E-state index < -0.39 is 18.5 Å². The van der Waals surface area contributed by atoms with Gasteiger partial charge >= 0.3 is 11.9 Å². The van der Waals surface area contributed by atoms with Crippen molar-refractivity contribution in [2.24, 2.45) is 0 Å². The Morgan fingerprint density at radius 1 is 0.714 bits per heavy atom. The van der Waals surface area contributed by atoms with Crippen LogP contribution >= 0.6 is 0 Å². The topological polar surface area (TPSA) is 69.7 Å². The lowest BCUT2D eigenvalue weighted by Gasteiger charge is -2.06. The maximum Gasteiger partial charge on any atom is 0.331 e. The number of hydrogen-bond donors (Lipinski definition) is 0. The Hall–Kier alpha value is -3.73. The minimum Gasteiger partial charge on any atom is -0.458 e. The van der Waals surface area contributed by atoms with Crippen LogP contribution in [0, 0.1) is 0 Å². The van der Waals surface area contributed by atoms with Crippen LogP contribution in [0.2, 0.25) is 0 Å². The molecular formula is C23H18O5. The number of Topliss-reactive ketones (excluding diaryl/α,β-unsaturated/α-hetero) is 1. The van der Waals surface area contributed by atoms with Gasteiger partial charge in [-0.25, -0.2) is 9.59 Å². The lowest BCUT2D eigenvalue weighted by molar-refractivity contribution is -0.140. The molecular weight excluding hydrogens is 356 g/mol. The SMILES string of the molecule is O=C(/C=C/C(=O)OCc1ccccc1)OCC(=O)c1cccc2ccccc12. The second-order valence-corrected chi connectivity index (χ2v) is 5.98. The highest BCUT2D eigenvalue weighted by Crippen LogP contribution is 2.19. The zero-order valence-corrected chi connectivity index (χ0v) is 15.0. The number of carbonyl (C=O) groups excluding carboxylic acids is 3. The highest BCUT2D eigenvalue weighted by molar-refractivity contribution is 6.09. The Morgan fingerprint density at radius 2 is 1.36 bits per heavy atom. The van der Waals surface area contributed by atoms with E-state index in [1.165, 1.54) is 0 Å². The van der Waals surface area contributed by atoms with Crippen LogP contribution < -0.4 is 0 Å². The zero-order chi connectivity index (χ0) is 19.8. The predicted molar refractivity (Wildman–Crippen MR) is 105 cm³/mol. The number of esters is 2. The molecule has 0 bridgehead atoms. The molecule has 28 heavy (non-hydrogen) atoms. The van der Waals surface area contributed by atoms with E-state index in [9.17, 15) is 14.4 Å². The fourth-order valence-electron chi connectivity index (χ4n) is 2.64. The zero-order valence-electron chi connectivity index (χ0n) is 15.0. The summed E-state index contributed by atoms with van der Waals surface area (Å²) in [6, 6.07) is 22.0. The highest BCUT2D eigenvalue weighted by atomic mass is 16.5. The van der Waals surface area contributed by atoms with Crippen LogP contribution in [0.3, 0.4) is 0 Å². The fourth-order valence-corrected chi connectivity index (χ4v) is 2.64.